The van der Waals surface area contributed by atoms with E-state index in [-0.39, 0.29) is 0 Å². The second kappa shape index (κ2) is 5.54. The third-order valence-electron chi connectivity index (χ3n) is 3.53. The maximum Gasteiger partial charge on any atom is 0.147 e. The van der Waals surface area contributed by atoms with E-state index in [0.717, 1.165) is 6.54 Å². The first-order valence-corrected chi connectivity index (χ1v) is 7.13. The van der Waals surface area contributed by atoms with E-state index in [2.05, 4.69) is 22.5 Å². The molecule has 1 aliphatic rings. The van der Waals surface area contributed by atoms with Crippen LogP contribution in [0.15, 0.2) is 6.07 Å². The van der Waals surface area contributed by atoms with Gasteiger partial charge in [-0.3, -0.25) is 0 Å². The summed E-state index contributed by atoms with van der Waals surface area (Å²) in [5.74, 6) is 1.37. The SMILES string of the molecule is CCCC1(CNc2nc(NC)c(Cl)cc2Cl)CC1. The first-order chi connectivity index (χ1) is 8.60. The summed E-state index contributed by atoms with van der Waals surface area (Å²) in [6, 6.07) is 1.73. The summed E-state index contributed by atoms with van der Waals surface area (Å²) < 4.78 is 0. The Labute approximate surface area is 118 Å². The average Bonchev–Trinajstić information content (AvgIpc) is 3.09. The second-order valence-corrected chi connectivity index (χ2v) is 5.82. The van der Waals surface area contributed by atoms with Crippen molar-refractivity contribution in [3.05, 3.63) is 16.1 Å². The van der Waals surface area contributed by atoms with Gasteiger partial charge in [0, 0.05) is 13.6 Å². The van der Waals surface area contributed by atoms with Gasteiger partial charge in [0.25, 0.3) is 0 Å². The number of pyridine rings is 1. The first kappa shape index (κ1) is 13.8. The molecule has 100 valence electrons. The van der Waals surface area contributed by atoms with Crippen molar-refractivity contribution < 1.29 is 0 Å². The molecule has 0 bridgehead atoms. The van der Waals surface area contributed by atoms with Crippen LogP contribution in [0.5, 0.6) is 0 Å². The van der Waals surface area contributed by atoms with Gasteiger partial charge in [0.05, 0.1) is 10.0 Å². The van der Waals surface area contributed by atoms with E-state index in [4.69, 9.17) is 23.2 Å². The molecule has 0 saturated heterocycles. The third kappa shape index (κ3) is 3.01. The molecule has 0 atom stereocenters. The fourth-order valence-electron chi connectivity index (χ4n) is 2.26. The molecule has 1 aliphatic carbocycles. The van der Waals surface area contributed by atoms with Crippen LogP contribution >= 0.6 is 23.2 Å². The summed E-state index contributed by atoms with van der Waals surface area (Å²) in [7, 11) is 1.80. The van der Waals surface area contributed by atoms with Crippen molar-refractivity contribution in [3.8, 4) is 0 Å². The molecule has 2 rings (SSSR count). The van der Waals surface area contributed by atoms with Gasteiger partial charge in [-0.1, -0.05) is 36.5 Å². The Bertz CT molecular complexity index is 430. The number of anilines is 2. The van der Waals surface area contributed by atoms with Gasteiger partial charge in [-0.2, -0.15) is 0 Å². The maximum absolute atomic E-state index is 6.15. The highest BCUT2D eigenvalue weighted by molar-refractivity contribution is 6.37. The Morgan fingerprint density at radius 1 is 1.28 bits per heavy atom. The van der Waals surface area contributed by atoms with E-state index in [0.29, 0.717) is 27.1 Å². The van der Waals surface area contributed by atoms with Crippen LogP contribution in [0.25, 0.3) is 0 Å². The standard InChI is InChI=1S/C13H19Cl2N3/c1-3-4-13(5-6-13)8-17-12-10(15)7-9(14)11(16-2)18-12/h7H,3-6,8H2,1-2H3,(H2,16,17,18). The second-order valence-electron chi connectivity index (χ2n) is 5.00. The fourth-order valence-corrected chi connectivity index (χ4v) is 2.78. The van der Waals surface area contributed by atoms with Crippen molar-refractivity contribution >= 4 is 34.8 Å². The molecule has 1 fully saturated rings. The number of aromatic nitrogens is 1. The lowest BCUT2D eigenvalue weighted by atomic mass is 10.0. The van der Waals surface area contributed by atoms with Crippen LogP contribution in [0, 0.1) is 5.41 Å². The van der Waals surface area contributed by atoms with Gasteiger partial charge in [-0.15, -0.1) is 0 Å². The van der Waals surface area contributed by atoms with Crippen molar-refractivity contribution in [3.63, 3.8) is 0 Å². The maximum atomic E-state index is 6.15. The van der Waals surface area contributed by atoms with Crippen LogP contribution in [0.4, 0.5) is 11.6 Å². The number of hydrogen-bond acceptors (Lipinski definition) is 3. The van der Waals surface area contributed by atoms with Crippen molar-refractivity contribution in [2.24, 2.45) is 5.41 Å². The minimum Gasteiger partial charge on any atom is -0.372 e. The summed E-state index contributed by atoms with van der Waals surface area (Å²) in [6.07, 6.45) is 5.10. The monoisotopic (exact) mass is 287 g/mol. The van der Waals surface area contributed by atoms with Gasteiger partial charge < -0.3 is 10.6 Å². The minimum absolute atomic E-state index is 0.471. The molecular weight excluding hydrogens is 269 g/mol. The fraction of sp³-hybridized carbons (Fsp3) is 0.615. The Morgan fingerprint density at radius 2 is 1.94 bits per heavy atom. The molecule has 1 saturated carbocycles. The largest absolute Gasteiger partial charge is 0.372 e. The molecule has 18 heavy (non-hydrogen) atoms. The summed E-state index contributed by atoms with van der Waals surface area (Å²) >= 11 is 12.2. The Morgan fingerprint density at radius 3 is 2.50 bits per heavy atom. The average molecular weight is 288 g/mol. The molecule has 5 heteroatoms. The van der Waals surface area contributed by atoms with Crippen molar-refractivity contribution in [2.75, 3.05) is 24.2 Å². The number of rotatable bonds is 6. The van der Waals surface area contributed by atoms with Gasteiger partial charge in [0.2, 0.25) is 0 Å². The molecule has 1 aromatic rings. The highest BCUT2D eigenvalue weighted by Gasteiger charge is 2.41. The molecule has 0 aromatic carbocycles. The highest BCUT2D eigenvalue weighted by atomic mass is 35.5. The molecule has 1 heterocycles. The molecular formula is C13H19Cl2N3. The summed E-state index contributed by atoms with van der Waals surface area (Å²) in [6.45, 7) is 3.17. The number of hydrogen-bond donors (Lipinski definition) is 2. The molecule has 0 unspecified atom stereocenters. The van der Waals surface area contributed by atoms with Crippen LogP contribution in [0.2, 0.25) is 10.0 Å². The van der Waals surface area contributed by atoms with E-state index in [1.54, 1.807) is 13.1 Å². The Kier molecular flexibility index (Phi) is 4.23. The lowest BCUT2D eigenvalue weighted by Gasteiger charge is -2.17. The van der Waals surface area contributed by atoms with Crippen LogP contribution in [0.3, 0.4) is 0 Å². The number of halogens is 2. The van der Waals surface area contributed by atoms with E-state index in [1.165, 1.54) is 25.7 Å². The van der Waals surface area contributed by atoms with Crippen molar-refractivity contribution in [1.29, 1.82) is 0 Å². The molecule has 2 N–H and O–H groups in total. The molecule has 0 spiro atoms. The molecule has 3 nitrogen and oxygen atoms in total. The third-order valence-corrected chi connectivity index (χ3v) is 4.11. The first-order valence-electron chi connectivity index (χ1n) is 6.38. The predicted molar refractivity (Wildman–Crippen MR) is 78.9 cm³/mol. The minimum atomic E-state index is 0.471. The summed E-state index contributed by atoms with van der Waals surface area (Å²) in [4.78, 5) is 4.40. The lowest BCUT2D eigenvalue weighted by Crippen LogP contribution is -2.16. The Balaban J connectivity index is 2.05. The molecule has 1 aromatic heterocycles. The smallest absolute Gasteiger partial charge is 0.147 e. The summed E-state index contributed by atoms with van der Waals surface area (Å²) in [5.41, 5.74) is 0.471. The van der Waals surface area contributed by atoms with Gasteiger partial charge in [-0.25, -0.2) is 4.98 Å². The van der Waals surface area contributed by atoms with E-state index < -0.39 is 0 Å². The number of nitrogens with zero attached hydrogens (tertiary/aromatic N) is 1. The van der Waals surface area contributed by atoms with Gasteiger partial charge in [0.15, 0.2) is 0 Å². The zero-order chi connectivity index (χ0) is 13.2. The van der Waals surface area contributed by atoms with Crippen LogP contribution in [-0.2, 0) is 0 Å². The van der Waals surface area contributed by atoms with Gasteiger partial charge >= 0.3 is 0 Å². The zero-order valence-electron chi connectivity index (χ0n) is 10.8. The van der Waals surface area contributed by atoms with Gasteiger partial charge in [-0.05, 0) is 30.7 Å². The van der Waals surface area contributed by atoms with E-state index in [9.17, 15) is 0 Å². The highest BCUT2D eigenvalue weighted by Crippen LogP contribution is 2.49. The molecule has 0 aliphatic heterocycles. The normalized spacial score (nSPS) is 16.4. The molecule has 0 amide bonds. The van der Waals surface area contributed by atoms with E-state index >= 15 is 0 Å². The van der Waals surface area contributed by atoms with Crippen molar-refractivity contribution in [1.82, 2.24) is 4.98 Å². The van der Waals surface area contributed by atoms with Crippen molar-refractivity contribution in [2.45, 2.75) is 32.6 Å². The topological polar surface area (TPSA) is 37.0 Å². The quantitative estimate of drug-likeness (QED) is 0.813. The number of nitrogens with one attached hydrogen (secondary N) is 2. The molecule has 0 radical (unpaired) electrons. The zero-order valence-corrected chi connectivity index (χ0v) is 12.3. The van der Waals surface area contributed by atoms with Crippen LogP contribution in [-0.4, -0.2) is 18.6 Å². The van der Waals surface area contributed by atoms with Crippen LogP contribution in [0.1, 0.15) is 32.6 Å². The summed E-state index contributed by atoms with van der Waals surface area (Å²) in [5, 5.41) is 7.44. The predicted octanol–water partition coefficient (Wildman–Crippen LogP) is 4.42. The lowest BCUT2D eigenvalue weighted by molar-refractivity contribution is 0.485. The Hall–Kier alpha value is -0.670. The van der Waals surface area contributed by atoms with E-state index in [1.807, 2.05) is 0 Å². The van der Waals surface area contributed by atoms with Crippen LogP contribution < -0.4 is 10.6 Å². The van der Waals surface area contributed by atoms with Gasteiger partial charge in [0.1, 0.15) is 11.6 Å².